The Morgan fingerprint density at radius 2 is 1.83 bits per heavy atom. The van der Waals surface area contributed by atoms with E-state index in [1.165, 1.54) is 31.5 Å². The number of rotatable bonds is 6. The molecule has 2 aliphatic heterocycles. The summed E-state index contributed by atoms with van der Waals surface area (Å²) in [6.45, 7) is 10.1. The van der Waals surface area contributed by atoms with Gasteiger partial charge in [-0.3, -0.25) is 9.80 Å². The molecule has 0 bridgehead atoms. The highest BCUT2D eigenvalue weighted by Crippen LogP contribution is 2.21. The van der Waals surface area contributed by atoms with E-state index < -0.39 is 0 Å². The van der Waals surface area contributed by atoms with Crippen LogP contribution in [0, 0.1) is 0 Å². The van der Waals surface area contributed by atoms with Crippen LogP contribution >= 0.6 is 0 Å². The van der Waals surface area contributed by atoms with Crippen LogP contribution in [0.25, 0.3) is 0 Å². The zero-order chi connectivity index (χ0) is 16.9. The highest BCUT2D eigenvalue weighted by Gasteiger charge is 2.29. The predicted octanol–water partition coefficient (Wildman–Crippen LogP) is 2.81. The lowest BCUT2D eigenvalue weighted by molar-refractivity contribution is -0.0722. The lowest BCUT2D eigenvalue weighted by Gasteiger charge is -2.38. The molecule has 2 fully saturated rings. The second kappa shape index (κ2) is 8.32. The molecule has 0 unspecified atom stereocenters. The molecule has 3 atom stereocenters. The first-order valence-electron chi connectivity index (χ1n) is 9.39. The van der Waals surface area contributed by atoms with Gasteiger partial charge < -0.3 is 9.47 Å². The fourth-order valence-electron chi connectivity index (χ4n) is 4.19. The monoisotopic (exact) mass is 332 g/mol. The summed E-state index contributed by atoms with van der Waals surface area (Å²) in [7, 11) is 1.72. The average molecular weight is 332 g/mol. The van der Waals surface area contributed by atoms with Crippen molar-refractivity contribution in [3.05, 3.63) is 29.8 Å². The number of nitrogens with zero attached hydrogens (tertiary/aromatic N) is 2. The van der Waals surface area contributed by atoms with E-state index in [4.69, 9.17) is 9.47 Å². The van der Waals surface area contributed by atoms with E-state index in [1.54, 1.807) is 7.11 Å². The van der Waals surface area contributed by atoms with Gasteiger partial charge in [0.1, 0.15) is 5.75 Å². The van der Waals surface area contributed by atoms with Crippen LogP contribution in [0.1, 0.15) is 32.3 Å². The molecule has 2 heterocycles. The Kier molecular flexibility index (Phi) is 6.14. The minimum atomic E-state index is 0.364. The molecule has 134 valence electrons. The van der Waals surface area contributed by atoms with Crippen LogP contribution in [0.5, 0.6) is 5.75 Å². The summed E-state index contributed by atoms with van der Waals surface area (Å²) >= 11 is 0. The molecule has 2 aliphatic rings. The van der Waals surface area contributed by atoms with Crippen LogP contribution in [-0.2, 0) is 11.2 Å². The Balaban J connectivity index is 1.49. The van der Waals surface area contributed by atoms with Crippen LogP contribution in [-0.4, -0.2) is 67.9 Å². The van der Waals surface area contributed by atoms with Crippen LogP contribution in [0.2, 0.25) is 0 Å². The quantitative estimate of drug-likeness (QED) is 0.800. The van der Waals surface area contributed by atoms with Gasteiger partial charge in [0, 0.05) is 32.2 Å². The number of hydrogen-bond donors (Lipinski definition) is 0. The van der Waals surface area contributed by atoms with Crippen molar-refractivity contribution in [3.8, 4) is 5.75 Å². The van der Waals surface area contributed by atoms with Crippen LogP contribution in [0.3, 0.4) is 0 Å². The summed E-state index contributed by atoms with van der Waals surface area (Å²) in [6.07, 6.45) is 4.52. The van der Waals surface area contributed by atoms with Gasteiger partial charge in [-0.25, -0.2) is 0 Å². The van der Waals surface area contributed by atoms with Gasteiger partial charge in [-0.2, -0.15) is 0 Å². The fraction of sp³-hybridized carbons (Fsp3) is 0.700. The Labute approximate surface area is 146 Å². The molecule has 24 heavy (non-hydrogen) atoms. The molecule has 0 aliphatic carbocycles. The SMILES string of the molecule is COc1ccc(CCN2CCC[C@@H]2CN2C[C@@H](C)O[C@H](C)C2)cc1. The third-order valence-corrected chi connectivity index (χ3v) is 5.31. The Morgan fingerprint density at radius 1 is 1.12 bits per heavy atom. The zero-order valence-corrected chi connectivity index (χ0v) is 15.4. The first-order valence-corrected chi connectivity index (χ1v) is 9.39. The van der Waals surface area contributed by atoms with Crippen LogP contribution < -0.4 is 4.74 Å². The molecule has 0 radical (unpaired) electrons. The molecule has 0 N–H and O–H groups in total. The van der Waals surface area contributed by atoms with Gasteiger partial charge in [-0.15, -0.1) is 0 Å². The maximum absolute atomic E-state index is 5.87. The first-order chi connectivity index (χ1) is 11.6. The molecule has 1 aromatic rings. The number of likely N-dealkylation sites (tertiary alicyclic amines) is 1. The van der Waals surface area contributed by atoms with Crippen LogP contribution in [0.4, 0.5) is 0 Å². The molecular formula is C20H32N2O2. The summed E-state index contributed by atoms with van der Waals surface area (Å²) < 4.78 is 11.1. The van der Waals surface area contributed by atoms with E-state index in [0.717, 1.165) is 31.8 Å². The Bertz CT molecular complexity index is 495. The first kappa shape index (κ1) is 17.7. The Hall–Kier alpha value is -1.10. The highest BCUT2D eigenvalue weighted by molar-refractivity contribution is 5.27. The molecule has 0 aromatic heterocycles. The third-order valence-electron chi connectivity index (χ3n) is 5.31. The van der Waals surface area contributed by atoms with E-state index in [0.29, 0.717) is 18.2 Å². The number of hydrogen-bond acceptors (Lipinski definition) is 4. The normalized spacial score (nSPS) is 29.0. The molecule has 4 heteroatoms. The summed E-state index contributed by atoms with van der Waals surface area (Å²) in [6, 6.07) is 9.21. The molecule has 2 saturated heterocycles. The second-order valence-electron chi connectivity index (χ2n) is 7.41. The van der Waals surface area contributed by atoms with E-state index in [1.807, 2.05) is 0 Å². The standard InChI is InChI=1S/C20H32N2O2/c1-16-13-21(14-17(2)24-16)15-19-5-4-11-22(19)12-10-18-6-8-20(23-3)9-7-18/h6-9,16-17,19H,4-5,10-15H2,1-3H3/t16-,17-,19-/m1/s1. The van der Waals surface area contributed by atoms with Crippen LogP contribution in [0.15, 0.2) is 24.3 Å². The van der Waals surface area contributed by atoms with Crippen molar-refractivity contribution >= 4 is 0 Å². The van der Waals surface area contributed by atoms with Gasteiger partial charge in [0.25, 0.3) is 0 Å². The van der Waals surface area contributed by atoms with Gasteiger partial charge >= 0.3 is 0 Å². The Morgan fingerprint density at radius 3 is 2.50 bits per heavy atom. The van der Waals surface area contributed by atoms with Gasteiger partial charge in [-0.1, -0.05) is 12.1 Å². The van der Waals surface area contributed by atoms with Gasteiger partial charge in [0.15, 0.2) is 0 Å². The molecule has 4 nitrogen and oxygen atoms in total. The largest absolute Gasteiger partial charge is 0.497 e. The fourth-order valence-corrected chi connectivity index (χ4v) is 4.19. The summed E-state index contributed by atoms with van der Waals surface area (Å²) in [5.41, 5.74) is 1.40. The number of morpholine rings is 1. The second-order valence-corrected chi connectivity index (χ2v) is 7.41. The smallest absolute Gasteiger partial charge is 0.118 e. The van der Waals surface area contributed by atoms with Gasteiger partial charge in [-0.05, 0) is 57.4 Å². The molecule has 0 saturated carbocycles. The van der Waals surface area contributed by atoms with E-state index >= 15 is 0 Å². The molecule has 1 aromatic carbocycles. The number of methoxy groups -OCH3 is 1. The number of benzene rings is 1. The van der Waals surface area contributed by atoms with E-state index in [9.17, 15) is 0 Å². The topological polar surface area (TPSA) is 24.9 Å². The minimum Gasteiger partial charge on any atom is -0.497 e. The van der Waals surface area contributed by atoms with E-state index in [-0.39, 0.29) is 0 Å². The van der Waals surface area contributed by atoms with Crippen molar-refractivity contribution in [3.63, 3.8) is 0 Å². The highest BCUT2D eigenvalue weighted by atomic mass is 16.5. The van der Waals surface area contributed by atoms with E-state index in [2.05, 4.69) is 47.9 Å². The molecule has 0 spiro atoms. The maximum Gasteiger partial charge on any atom is 0.118 e. The van der Waals surface area contributed by atoms with Crippen molar-refractivity contribution in [2.24, 2.45) is 0 Å². The van der Waals surface area contributed by atoms with Crippen molar-refractivity contribution in [1.82, 2.24) is 9.80 Å². The molecule has 0 amide bonds. The predicted molar refractivity (Wildman–Crippen MR) is 97.7 cm³/mol. The zero-order valence-electron chi connectivity index (χ0n) is 15.4. The van der Waals surface area contributed by atoms with Gasteiger partial charge in [0.2, 0.25) is 0 Å². The third kappa shape index (κ3) is 4.71. The summed E-state index contributed by atoms with van der Waals surface area (Å²) in [5, 5.41) is 0. The van der Waals surface area contributed by atoms with Crippen molar-refractivity contribution in [1.29, 1.82) is 0 Å². The maximum atomic E-state index is 5.87. The summed E-state index contributed by atoms with van der Waals surface area (Å²) in [5.74, 6) is 0.938. The molecule has 3 rings (SSSR count). The average Bonchev–Trinajstić information content (AvgIpc) is 2.99. The number of ether oxygens (including phenoxy) is 2. The van der Waals surface area contributed by atoms with Gasteiger partial charge in [0.05, 0.1) is 19.3 Å². The lowest BCUT2D eigenvalue weighted by Crippen LogP contribution is -2.50. The van der Waals surface area contributed by atoms with Crippen molar-refractivity contribution in [2.75, 3.05) is 39.8 Å². The van der Waals surface area contributed by atoms with Crippen molar-refractivity contribution in [2.45, 2.75) is 51.4 Å². The van der Waals surface area contributed by atoms with Crippen molar-refractivity contribution < 1.29 is 9.47 Å². The lowest BCUT2D eigenvalue weighted by atomic mass is 10.1. The minimum absolute atomic E-state index is 0.364. The molecular weight excluding hydrogens is 300 g/mol. The summed E-state index contributed by atoms with van der Waals surface area (Å²) in [4.78, 5) is 5.30.